The average molecular weight is 369 g/mol. The Labute approximate surface area is 148 Å². The topological polar surface area (TPSA) is 51.2 Å². The van der Waals surface area contributed by atoms with Gasteiger partial charge in [0, 0.05) is 27.7 Å². The summed E-state index contributed by atoms with van der Waals surface area (Å²) in [4.78, 5) is 16.7. The van der Waals surface area contributed by atoms with Crippen molar-refractivity contribution in [3.05, 3.63) is 52.1 Å². The molecule has 0 saturated carbocycles. The lowest BCUT2D eigenvalue weighted by Crippen LogP contribution is -2.20. The lowest BCUT2D eigenvalue weighted by Gasteiger charge is -2.14. The summed E-state index contributed by atoms with van der Waals surface area (Å²) in [5, 5.41) is 3.69. The minimum Gasteiger partial charge on any atom is -0.473 e. The van der Waals surface area contributed by atoms with Gasteiger partial charge in [-0.1, -0.05) is 23.2 Å². The van der Waals surface area contributed by atoms with Crippen LogP contribution in [0.4, 0.5) is 5.69 Å². The van der Waals surface area contributed by atoms with Gasteiger partial charge in [0.25, 0.3) is 5.91 Å². The summed E-state index contributed by atoms with van der Waals surface area (Å²) in [6.45, 7) is 0. The number of aromatic nitrogens is 1. The van der Waals surface area contributed by atoms with Crippen molar-refractivity contribution in [2.24, 2.45) is 0 Å². The molecule has 0 radical (unpaired) electrons. The first-order valence-corrected chi connectivity index (χ1v) is 9.00. The second-order valence-corrected chi connectivity index (χ2v) is 7.09. The second kappa shape index (κ2) is 7.43. The predicted molar refractivity (Wildman–Crippen MR) is 95.0 cm³/mol. The Morgan fingerprint density at radius 2 is 2.09 bits per heavy atom. The summed E-state index contributed by atoms with van der Waals surface area (Å²) in [6.07, 6.45) is 2.68. The number of carbonyl (C=O) groups is 1. The van der Waals surface area contributed by atoms with E-state index in [1.165, 1.54) is 0 Å². The van der Waals surface area contributed by atoms with Crippen LogP contribution in [0.15, 0.2) is 36.5 Å². The predicted octanol–water partition coefficient (Wildman–Crippen LogP) is 4.53. The van der Waals surface area contributed by atoms with Gasteiger partial charge in [-0.3, -0.25) is 4.79 Å². The lowest BCUT2D eigenvalue weighted by molar-refractivity contribution is 0.101. The van der Waals surface area contributed by atoms with E-state index in [0.717, 1.165) is 17.9 Å². The number of thioether (sulfide) groups is 1. The molecule has 1 atom stereocenters. The average Bonchev–Trinajstić information content (AvgIpc) is 2.99. The minimum atomic E-state index is -0.308. The van der Waals surface area contributed by atoms with Crippen molar-refractivity contribution in [3.8, 4) is 5.88 Å². The van der Waals surface area contributed by atoms with E-state index in [9.17, 15) is 4.79 Å². The van der Waals surface area contributed by atoms with Crippen LogP contribution in [0.2, 0.25) is 10.0 Å². The van der Waals surface area contributed by atoms with E-state index in [4.69, 9.17) is 27.9 Å². The van der Waals surface area contributed by atoms with E-state index in [-0.39, 0.29) is 12.0 Å². The quantitative estimate of drug-likeness (QED) is 0.861. The SMILES string of the molecule is O=C(Nc1cc(Cl)cc(Cl)c1)c1cccnc1OC1CCSC1. The molecule has 120 valence electrons. The number of halogens is 2. The van der Waals surface area contributed by atoms with Gasteiger partial charge in [0.15, 0.2) is 0 Å². The van der Waals surface area contributed by atoms with Crippen LogP contribution < -0.4 is 10.1 Å². The zero-order chi connectivity index (χ0) is 16.2. The van der Waals surface area contributed by atoms with E-state index in [2.05, 4.69) is 10.3 Å². The maximum absolute atomic E-state index is 12.5. The smallest absolute Gasteiger partial charge is 0.261 e. The third-order valence-electron chi connectivity index (χ3n) is 3.30. The summed E-state index contributed by atoms with van der Waals surface area (Å²) in [7, 11) is 0. The van der Waals surface area contributed by atoms with Crippen LogP contribution in [-0.2, 0) is 0 Å². The molecular formula is C16H14Cl2N2O2S. The first-order chi connectivity index (χ1) is 11.1. The van der Waals surface area contributed by atoms with Gasteiger partial charge in [-0.2, -0.15) is 11.8 Å². The Morgan fingerprint density at radius 1 is 1.30 bits per heavy atom. The van der Waals surface area contributed by atoms with Crippen LogP contribution in [-0.4, -0.2) is 28.5 Å². The summed E-state index contributed by atoms with van der Waals surface area (Å²) < 4.78 is 5.87. The van der Waals surface area contributed by atoms with Gasteiger partial charge in [-0.25, -0.2) is 4.98 Å². The van der Waals surface area contributed by atoms with E-state index in [1.807, 2.05) is 11.8 Å². The van der Waals surface area contributed by atoms with Crippen LogP contribution in [0.25, 0.3) is 0 Å². The van der Waals surface area contributed by atoms with Crippen molar-refractivity contribution in [2.45, 2.75) is 12.5 Å². The fourth-order valence-electron chi connectivity index (χ4n) is 2.25. The summed E-state index contributed by atoms with van der Waals surface area (Å²) in [6, 6.07) is 8.27. The molecule has 1 aliphatic rings. The monoisotopic (exact) mass is 368 g/mol. The number of amides is 1. The molecule has 1 saturated heterocycles. The maximum Gasteiger partial charge on any atom is 0.261 e. The maximum atomic E-state index is 12.5. The van der Waals surface area contributed by atoms with Crippen LogP contribution in [0.1, 0.15) is 16.8 Å². The normalized spacial score (nSPS) is 17.0. The Kier molecular flexibility index (Phi) is 5.30. The molecule has 1 amide bonds. The van der Waals surface area contributed by atoms with Crippen LogP contribution >= 0.6 is 35.0 Å². The van der Waals surface area contributed by atoms with Crippen LogP contribution in [0.3, 0.4) is 0 Å². The van der Waals surface area contributed by atoms with Crippen molar-refractivity contribution < 1.29 is 9.53 Å². The fourth-order valence-corrected chi connectivity index (χ4v) is 3.87. The summed E-state index contributed by atoms with van der Waals surface area (Å²) >= 11 is 13.7. The summed E-state index contributed by atoms with van der Waals surface area (Å²) in [5.41, 5.74) is 0.916. The molecule has 0 spiro atoms. The molecule has 2 aromatic rings. The van der Waals surface area contributed by atoms with E-state index >= 15 is 0 Å². The molecule has 0 bridgehead atoms. The van der Waals surface area contributed by atoms with Gasteiger partial charge in [0.2, 0.25) is 5.88 Å². The summed E-state index contributed by atoms with van der Waals surface area (Å²) in [5.74, 6) is 2.03. The van der Waals surface area contributed by atoms with Gasteiger partial charge in [0.1, 0.15) is 11.7 Å². The molecule has 1 aromatic heterocycles. The van der Waals surface area contributed by atoms with E-state index < -0.39 is 0 Å². The molecular weight excluding hydrogens is 355 g/mol. The number of hydrogen-bond acceptors (Lipinski definition) is 4. The van der Waals surface area contributed by atoms with Crippen molar-refractivity contribution in [1.82, 2.24) is 4.98 Å². The molecule has 1 unspecified atom stereocenters. The highest BCUT2D eigenvalue weighted by atomic mass is 35.5. The van der Waals surface area contributed by atoms with Crippen molar-refractivity contribution in [2.75, 3.05) is 16.8 Å². The highest BCUT2D eigenvalue weighted by Crippen LogP contribution is 2.26. The Bertz CT molecular complexity index is 701. The zero-order valence-corrected chi connectivity index (χ0v) is 14.4. The second-order valence-electron chi connectivity index (χ2n) is 5.07. The molecule has 3 rings (SSSR count). The fraction of sp³-hybridized carbons (Fsp3) is 0.250. The van der Waals surface area contributed by atoms with Gasteiger partial charge in [-0.15, -0.1) is 0 Å². The van der Waals surface area contributed by atoms with Crippen molar-refractivity contribution >= 4 is 46.6 Å². The zero-order valence-electron chi connectivity index (χ0n) is 12.1. The molecule has 7 heteroatoms. The van der Waals surface area contributed by atoms with E-state index in [0.29, 0.717) is 27.2 Å². The Hall–Kier alpha value is -1.43. The third kappa shape index (κ3) is 4.31. The van der Waals surface area contributed by atoms with Gasteiger partial charge < -0.3 is 10.1 Å². The number of carbonyl (C=O) groups excluding carboxylic acids is 1. The number of nitrogens with zero attached hydrogens (tertiary/aromatic N) is 1. The molecule has 4 nitrogen and oxygen atoms in total. The number of benzene rings is 1. The third-order valence-corrected chi connectivity index (χ3v) is 4.87. The molecule has 1 fully saturated rings. The number of rotatable bonds is 4. The van der Waals surface area contributed by atoms with Crippen molar-refractivity contribution in [1.29, 1.82) is 0 Å². The lowest BCUT2D eigenvalue weighted by atomic mass is 10.2. The Morgan fingerprint density at radius 3 is 2.78 bits per heavy atom. The molecule has 2 heterocycles. The molecule has 0 aliphatic carbocycles. The molecule has 1 aromatic carbocycles. The first-order valence-electron chi connectivity index (χ1n) is 7.08. The van der Waals surface area contributed by atoms with E-state index in [1.54, 1.807) is 36.5 Å². The van der Waals surface area contributed by atoms with Gasteiger partial charge >= 0.3 is 0 Å². The number of hydrogen-bond donors (Lipinski definition) is 1. The number of ether oxygens (including phenoxy) is 1. The number of anilines is 1. The van der Waals surface area contributed by atoms with Gasteiger partial charge in [-0.05, 0) is 42.5 Å². The number of nitrogens with one attached hydrogen (secondary N) is 1. The van der Waals surface area contributed by atoms with Gasteiger partial charge in [0.05, 0.1) is 0 Å². The highest BCUT2D eigenvalue weighted by Gasteiger charge is 2.21. The standard InChI is InChI=1S/C16H14Cl2N2O2S/c17-10-6-11(18)8-12(7-10)20-15(21)14-2-1-4-19-16(14)22-13-3-5-23-9-13/h1-2,4,6-8,13H,3,5,9H2,(H,20,21). The van der Waals surface area contributed by atoms with Crippen molar-refractivity contribution in [3.63, 3.8) is 0 Å². The molecule has 23 heavy (non-hydrogen) atoms. The molecule has 1 aliphatic heterocycles. The minimum absolute atomic E-state index is 0.0991. The van der Waals surface area contributed by atoms with Crippen LogP contribution in [0.5, 0.6) is 5.88 Å². The Balaban J connectivity index is 1.78. The first kappa shape index (κ1) is 16.4. The largest absolute Gasteiger partial charge is 0.473 e. The molecule has 1 N–H and O–H groups in total. The van der Waals surface area contributed by atoms with Crippen LogP contribution in [0, 0.1) is 0 Å². The number of pyridine rings is 1. The highest BCUT2D eigenvalue weighted by molar-refractivity contribution is 7.99.